The van der Waals surface area contributed by atoms with Gasteiger partial charge in [0.1, 0.15) is 0 Å². The maximum atomic E-state index is 4.67. The third kappa shape index (κ3) is 3.81. The zero-order chi connectivity index (χ0) is 17.8. The molecule has 1 aromatic heterocycles. The number of hydrogen-bond acceptors (Lipinski definition) is 4. The normalized spacial score (nSPS) is 15.3. The predicted molar refractivity (Wildman–Crippen MR) is 110 cm³/mol. The topological polar surface area (TPSA) is 31.4 Å². The average Bonchev–Trinajstić information content (AvgIpc) is 2.69. The third-order valence-corrected chi connectivity index (χ3v) is 5.09. The van der Waals surface area contributed by atoms with Gasteiger partial charge in [-0.15, -0.1) is 0 Å². The maximum absolute atomic E-state index is 4.67. The molecule has 26 heavy (non-hydrogen) atoms. The number of nitrogens with one attached hydrogen (secondary N) is 1. The summed E-state index contributed by atoms with van der Waals surface area (Å²) in [6.45, 7) is 8.46. The molecule has 1 saturated heterocycles. The fourth-order valence-electron chi connectivity index (χ4n) is 3.64. The van der Waals surface area contributed by atoms with E-state index in [1.54, 1.807) is 0 Å². The summed E-state index contributed by atoms with van der Waals surface area (Å²) in [6, 6.07) is 21.2. The van der Waals surface area contributed by atoms with Crippen molar-refractivity contribution in [3.8, 4) is 0 Å². The van der Waals surface area contributed by atoms with E-state index in [0.717, 1.165) is 50.5 Å². The van der Waals surface area contributed by atoms with Crippen molar-refractivity contribution in [2.75, 3.05) is 49.5 Å². The number of anilines is 2. The highest BCUT2D eigenvalue weighted by molar-refractivity contribution is 5.92. The van der Waals surface area contributed by atoms with Crippen molar-refractivity contribution in [1.29, 1.82) is 0 Å². The summed E-state index contributed by atoms with van der Waals surface area (Å²) >= 11 is 0. The fraction of sp³-hybridized carbons (Fsp3) is 0.318. The van der Waals surface area contributed by atoms with Gasteiger partial charge in [-0.2, -0.15) is 0 Å². The number of aromatic nitrogens is 1. The van der Waals surface area contributed by atoms with Crippen LogP contribution in [0.5, 0.6) is 0 Å². The second kappa shape index (κ2) is 7.75. The quantitative estimate of drug-likeness (QED) is 0.762. The lowest BCUT2D eigenvalue weighted by Crippen LogP contribution is -2.47. The molecule has 1 aliphatic rings. The third-order valence-electron chi connectivity index (χ3n) is 5.09. The minimum Gasteiger partial charge on any atom is -0.384 e. The molecule has 0 bridgehead atoms. The van der Waals surface area contributed by atoms with Crippen LogP contribution in [0.1, 0.15) is 5.69 Å². The van der Waals surface area contributed by atoms with Crippen molar-refractivity contribution in [2.45, 2.75) is 6.92 Å². The number of aryl methyl sites for hydroxylation is 1. The minimum atomic E-state index is 0.988. The van der Waals surface area contributed by atoms with Gasteiger partial charge >= 0.3 is 0 Å². The molecule has 1 fully saturated rings. The lowest BCUT2D eigenvalue weighted by atomic mass is 10.1. The molecule has 134 valence electrons. The first-order valence-electron chi connectivity index (χ1n) is 9.42. The number of pyridine rings is 1. The summed E-state index contributed by atoms with van der Waals surface area (Å²) in [6.07, 6.45) is 0. The Bertz CT molecular complexity index is 854. The molecule has 0 unspecified atom stereocenters. The van der Waals surface area contributed by atoms with Gasteiger partial charge in [-0.05, 0) is 43.3 Å². The van der Waals surface area contributed by atoms with Crippen LogP contribution in [0.25, 0.3) is 10.9 Å². The zero-order valence-electron chi connectivity index (χ0n) is 15.4. The maximum Gasteiger partial charge on any atom is 0.0726 e. The Morgan fingerprint density at radius 1 is 0.885 bits per heavy atom. The number of fused-ring (bicyclic) bond motifs is 1. The molecule has 0 amide bonds. The number of rotatable bonds is 5. The first kappa shape index (κ1) is 16.9. The van der Waals surface area contributed by atoms with Crippen molar-refractivity contribution in [3.63, 3.8) is 0 Å². The molecule has 4 heteroatoms. The smallest absolute Gasteiger partial charge is 0.0726 e. The Hall–Kier alpha value is -2.59. The monoisotopic (exact) mass is 346 g/mol. The molecule has 0 radical (unpaired) electrons. The molecule has 3 aromatic rings. The molecule has 0 atom stereocenters. The Balaban J connectivity index is 1.34. The largest absolute Gasteiger partial charge is 0.384 e. The van der Waals surface area contributed by atoms with Crippen LogP contribution in [0.15, 0.2) is 60.7 Å². The first-order valence-corrected chi connectivity index (χ1v) is 9.42. The molecule has 4 nitrogen and oxygen atoms in total. The van der Waals surface area contributed by atoms with E-state index in [9.17, 15) is 0 Å². The Labute approximate surface area is 155 Å². The van der Waals surface area contributed by atoms with Crippen LogP contribution in [0, 0.1) is 6.92 Å². The van der Waals surface area contributed by atoms with E-state index < -0.39 is 0 Å². The number of hydrogen-bond donors (Lipinski definition) is 1. The van der Waals surface area contributed by atoms with Gasteiger partial charge in [0, 0.05) is 61.7 Å². The standard InChI is InChI=1S/C22H26N4/c1-18-10-11-20-21(24-18)8-5-9-22(20)26-16-14-25(15-17-26)13-12-23-19-6-3-2-4-7-19/h2-11,23H,12-17H2,1H3. The second-order valence-electron chi connectivity index (χ2n) is 6.92. The zero-order valence-corrected chi connectivity index (χ0v) is 15.4. The average molecular weight is 346 g/mol. The summed E-state index contributed by atoms with van der Waals surface area (Å²) in [5, 5.41) is 4.76. The Kier molecular flexibility index (Phi) is 5.02. The van der Waals surface area contributed by atoms with Crippen LogP contribution in [0.4, 0.5) is 11.4 Å². The van der Waals surface area contributed by atoms with E-state index in [4.69, 9.17) is 0 Å². The van der Waals surface area contributed by atoms with Gasteiger partial charge in [0.05, 0.1) is 5.52 Å². The van der Waals surface area contributed by atoms with E-state index in [1.165, 1.54) is 16.8 Å². The summed E-state index contributed by atoms with van der Waals surface area (Å²) in [4.78, 5) is 9.71. The Morgan fingerprint density at radius 3 is 2.50 bits per heavy atom. The minimum absolute atomic E-state index is 0.988. The van der Waals surface area contributed by atoms with E-state index in [-0.39, 0.29) is 0 Å². The van der Waals surface area contributed by atoms with Gasteiger partial charge in [-0.25, -0.2) is 0 Å². The molecule has 4 rings (SSSR count). The van der Waals surface area contributed by atoms with Gasteiger partial charge < -0.3 is 10.2 Å². The van der Waals surface area contributed by atoms with Crippen molar-refractivity contribution in [3.05, 3.63) is 66.4 Å². The number of nitrogens with zero attached hydrogens (tertiary/aromatic N) is 3. The van der Waals surface area contributed by atoms with Gasteiger partial charge in [-0.1, -0.05) is 24.3 Å². The molecule has 2 aromatic carbocycles. The molecule has 0 saturated carbocycles. The summed E-state index contributed by atoms with van der Waals surface area (Å²) in [5.74, 6) is 0. The Morgan fingerprint density at radius 2 is 1.69 bits per heavy atom. The van der Waals surface area contributed by atoms with Crippen LogP contribution in [-0.2, 0) is 0 Å². The van der Waals surface area contributed by atoms with Gasteiger partial charge in [0.15, 0.2) is 0 Å². The number of piperazine rings is 1. The molecule has 1 aliphatic heterocycles. The fourth-order valence-corrected chi connectivity index (χ4v) is 3.64. The number of benzene rings is 2. The van der Waals surface area contributed by atoms with Crippen LogP contribution < -0.4 is 10.2 Å². The predicted octanol–water partition coefficient (Wildman–Crippen LogP) is 3.78. The van der Waals surface area contributed by atoms with E-state index in [0.29, 0.717) is 0 Å². The van der Waals surface area contributed by atoms with Gasteiger partial charge in [-0.3, -0.25) is 9.88 Å². The lowest BCUT2D eigenvalue weighted by molar-refractivity contribution is 0.267. The molecule has 1 N–H and O–H groups in total. The summed E-state index contributed by atoms with van der Waals surface area (Å²) < 4.78 is 0. The van der Waals surface area contributed by atoms with Crippen LogP contribution >= 0.6 is 0 Å². The molecule has 0 aliphatic carbocycles. The SMILES string of the molecule is Cc1ccc2c(N3CCN(CCNc4ccccc4)CC3)cccc2n1. The van der Waals surface area contributed by atoms with Gasteiger partial charge in [0.2, 0.25) is 0 Å². The number of para-hydroxylation sites is 1. The molecular formula is C22H26N4. The van der Waals surface area contributed by atoms with E-state index >= 15 is 0 Å². The van der Waals surface area contributed by atoms with Crippen molar-refractivity contribution < 1.29 is 0 Å². The highest BCUT2D eigenvalue weighted by atomic mass is 15.3. The van der Waals surface area contributed by atoms with Gasteiger partial charge in [0.25, 0.3) is 0 Å². The summed E-state index contributed by atoms with van der Waals surface area (Å²) in [5.41, 5.74) is 4.68. The van der Waals surface area contributed by atoms with Crippen molar-refractivity contribution >= 4 is 22.3 Å². The van der Waals surface area contributed by atoms with E-state index in [2.05, 4.69) is 80.8 Å². The summed E-state index contributed by atoms with van der Waals surface area (Å²) in [7, 11) is 0. The van der Waals surface area contributed by atoms with Crippen LogP contribution in [0.2, 0.25) is 0 Å². The van der Waals surface area contributed by atoms with Crippen LogP contribution in [-0.4, -0.2) is 49.2 Å². The molecular weight excluding hydrogens is 320 g/mol. The first-order chi connectivity index (χ1) is 12.8. The highest BCUT2D eigenvalue weighted by Crippen LogP contribution is 2.26. The second-order valence-corrected chi connectivity index (χ2v) is 6.92. The van der Waals surface area contributed by atoms with Crippen molar-refractivity contribution in [1.82, 2.24) is 9.88 Å². The van der Waals surface area contributed by atoms with Crippen LogP contribution in [0.3, 0.4) is 0 Å². The molecule has 2 heterocycles. The highest BCUT2D eigenvalue weighted by Gasteiger charge is 2.18. The van der Waals surface area contributed by atoms with E-state index in [1.807, 2.05) is 6.92 Å². The van der Waals surface area contributed by atoms with Crippen molar-refractivity contribution in [2.24, 2.45) is 0 Å². The molecule has 0 spiro atoms. The lowest BCUT2D eigenvalue weighted by Gasteiger charge is -2.36.